The van der Waals surface area contributed by atoms with Gasteiger partial charge in [0.05, 0.1) is 6.10 Å². The molecule has 0 amide bonds. The first kappa shape index (κ1) is 15.4. The Kier molecular flexibility index (Phi) is 3.31. The van der Waals surface area contributed by atoms with Crippen molar-refractivity contribution in [1.29, 1.82) is 0 Å². The van der Waals surface area contributed by atoms with Crippen molar-refractivity contribution in [3.63, 3.8) is 0 Å². The van der Waals surface area contributed by atoms with Gasteiger partial charge in [-0.05, 0) is 42.3 Å². The monoisotopic (exact) mass is 308 g/mol. The van der Waals surface area contributed by atoms with Crippen molar-refractivity contribution >= 4 is 19.9 Å². The van der Waals surface area contributed by atoms with Gasteiger partial charge in [0.1, 0.15) is 11.6 Å². The van der Waals surface area contributed by atoms with E-state index in [1.807, 2.05) is 0 Å². The predicted octanol–water partition coefficient (Wildman–Crippen LogP) is 3.73. The number of rotatable bonds is 2. The van der Waals surface area contributed by atoms with Gasteiger partial charge in [-0.25, -0.2) is 0 Å². The summed E-state index contributed by atoms with van der Waals surface area (Å²) >= 11 is 0. The minimum Gasteiger partial charge on any atom is -0.413 e. The van der Waals surface area contributed by atoms with E-state index in [0.717, 1.165) is 12.8 Å². The predicted molar refractivity (Wildman–Crippen MR) is 84.6 cm³/mol. The summed E-state index contributed by atoms with van der Waals surface area (Å²) in [5.41, 5.74) is -0.0266. The van der Waals surface area contributed by atoms with Gasteiger partial charge in [-0.2, -0.15) is 0 Å². The molecule has 4 heteroatoms. The first-order valence-corrected chi connectivity index (χ1v) is 11.2. The zero-order valence-corrected chi connectivity index (χ0v) is 15.0. The molecule has 0 aliphatic heterocycles. The Hall–Kier alpha value is -0.483. The van der Waals surface area contributed by atoms with E-state index >= 15 is 0 Å². The maximum Gasteiger partial charge on any atom is 0.192 e. The summed E-state index contributed by atoms with van der Waals surface area (Å²) in [7, 11) is -1.86. The average molecular weight is 308 g/mol. The van der Waals surface area contributed by atoms with Crippen molar-refractivity contribution in [3.8, 4) is 0 Å². The number of ketones is 2. The van der Waals surface area contributed by atoms with Crippen LogP contribution in [-0.2, 0) is 14.0 Å². The molecule has 4 atom stereocenters. The van der Waals surface area contributed by atoms with Crippen molar-refractivity contribution in [1.82, 2.24) is 0 Å². The smallest absolute Gasteiger partial charge is 0.192 e. The molecule has 0 aromatic rings. The molecule has 0 bridgehead atoms. The molecule has 118 valence electrons. The number of carbonyl (C=O) groups is 2. The first-order chi connectivity index (χ1) is 9.57. The molecule has 0 aromatic heterocycles. The Morgan fingerprint density at radius 3 is 2.48 bits per heavy atom. The van der Waals surface area contributed by atoms with Crippen LogP contribution in [0.15, 0.2) is 0 Å². The van der Waals surface area contributed by atoms with E-state index in [1.165, 1.54) is 0 Å². The van der Waals surface area contributed by atoms with E-state index < -0.39 is 8.32 Å². The van der Waals surface area contributed by atoms with E-state index in [4.69, 9.17) is 4.43 Å². The van der Waals surface area contributed by atoms with Crippen molar-refractivity contribution in [3.05, 3.63) is 0 Å². The van der Waals surface area contributed by atoms with Crippen LogP contribution in [0.4, 0.5) is 0 Å². The summed E-state index contributed by atoms with van der Waals surface area (Å²) in [6, 6.07) is 0. The summed E-state index contributed by atoms with van der Waals surface area (Å²) in [5.74, 6) is 1.05. The number of carbonyl (C=O) groups excluding carboxylic acids is 2. The third-order valence-electron chi connectivity index (χ3n) is 6.75. The van der Waals surface area contributed by atoms with Crippen LogP contribution in [0.3, 0.4) is 0 Å². The molecule has 1 spiro atoms. The molecule has 2 unspecified atom stereocenters. The van der Waals surface area contributed by atoms with Gasteiger partial charge in [-0.3, -0.25) is 9.59 Å². The third-order valence-corrected chi connectivity index (χ3v) is 11.2. The lowest BCUT2D eigenvalue weighted by molar-refractivity contribution is -0.125. The fourth-order valence-electron chi connectivity index (χ4n) is 4.68. The van der Waals surface area contributed by atoms with Gasteiger partial charge >= 0.3 is 0 Å². The summed E-state index contributed by atoms with van der Waals surface area (Å²) in [5, 5.41) is 0.162. The van der Waals surface area contributed by atoms with Crippen LogP contribution in [0.2, 0.25) is 18.1 Å². The molecule has 3 aliphatic carbocycles. The molecule has 3 nitrogen and oxygen atoms in total. The maximum absolute atomic E-state index is 12.5. The topological polar surface area (TPSA) is 43.4 Å². The molecular formula is C17H28O3Si. The number of Topliss-reactive ketones (excluding diaryl/α,β-unsaturated/α-hetero) is 2. The Morgan fingerprint density at radius 1 is 1.19 bits per heavy atom. The molecule has 0 aromatic carbocycles. The zero-order chi connectivity index (χ0) is 15.6. The highest BCUT2D eigenvalue weighted by atomic mass is 28.4. The second-order valence-electron chi connectivity index (χ2n) is 8.95. The Labute approximate surface area is 129 Å². The van der Waals surface area contributed by atoms with Gasteiger partial charge in [0.25, 0.3) is 0 Å². The van der Waals surface area contributed by atoms with Crippen molar-refractivity contribution < 1.29 is 14.0 Å². The lowest BCUT2D eigenvalue weighted by atomic mass is 9.75. The normalized spacial score (nSPS) is 39.8. The lowest BCUT2D eigenvalue weighted by Gasteiger charge is -2.40. The van der Waals surface area contributed by atoms with Crippen LogP contribution in [0.5, 0.6) is 0 Å². The van der Waals surface area contributed by atoms with Crippen LogP contribution >= 0.6 is 0 Å². The lowest BCUT2D eigenvalue weighted by Crippen LogP contribution is -2.46. The van der Waals surface area contributed by atoms with Crippen LogP contribution in [-0.4, -0.2) is 26.0 Å². The third kappa shape index (κ3) is 2.17. The van der Waals surface area contributed by atoms with Crippen molar-refractivity contribution in [2.45, 2.75) is 77.1 Å². The number of hydrogen-bond donors (Lipinski definition) is 0. The summed E-state index contributed by atoms with van der Waals surface area (Å²) in [6.07, 6.45) is 3.93. The Balaban J connectivity index is 1.84. The highest BCUT2D eigenvalue weighted by Crippen LogP contribution is 2.63. The molecule has 0 radical (unpaired) electrons. The van der Waals surface area contributed by atoms with Gasteiger partial charge in [-0.1, -0.05) is 20.8 Å². The largest absolute Gasteiger partial charge is 0.413 e. The van der Waals surface area contributed by atoms with Gasteiger partial charge in [-0.15, -0.1) is 0 Å². The van der Waals surface area contributed by atoms with E-state index in [2.05, 4.69) is 33.9 Å². The standard InChI is InChI=1S/C17H28O3Si/c1-16(2,3)21(4,5)20-14-6-7-17-10-12(18)8-11(17)9-13(19)15(14)17/h11,14-15H,6-10H2,1-5H3/t11-,14+,15?,17?/m0/s1. The fourth-order valence-corrected chi connectivity index (χ4v) is 6.04. The molecule has 0 saturated heterocycles. The molecule has 21 heavy (non-hydrogen) atoms. The van der Waals surface area contributed by atoms with Gasteiger partial charge in [0.15, 0.2) is 8.32 Å². The molecule has 3 fully saturated rings. The minimum absolute atomic E-state index is 0.00285. The van der Waals surface area contributed by atoms with Crippen molar-refractivity contribution in [2.75, 3.05) is 0 Å². The fraction of sp³-hybridized carbons (Fsp3) is 0.882. The molecule has 0 N–H and O–H groups in total. The second kappa shape index (κ2) is 4.51. The second-order valence-corrected chi connectivity index (χ2v) is 13.7. The zero-order valence-electron chi connectivity index (χ0n) is 14.0. The molecule has 3 rings (SSSR count). The first-order valence-electron chi connectivity index (χ1n) is 8.29. The SMILES string of the molecule is CC(C)(C)[Si](C)(C)O[C@@H]1CCC23CC(=O)C[C@H]2CC(=O)C13. The average Bonchev–Trinajstić information content (AvgIpc) is 2.86. The maximum atomic E-state index is 12.5. The molecule has 3 aliphatic rings. The van der Waals surface area contributed by atoms with Gasteiger partial charge < -0.3 is 4.43 Å². The highest BCUT2D eigenvalue weighted by molar-refractivity contribution is 6.74. The van der Waals surface area contributed by atoms with Gasteiger partial charge in [0.2, 0.25) is 0 Å². The Bertz CT molecular complexity index is 491. The van der Waals surface area contributed by atoms with E-state index in [0.29, 0.717) is 36.7 Å². The highest BCUT2D eigenvalue weighted by Gasteiger charge is 2.65. The van der Waals surface area contributed by atoms with E-state index in [9.17, 15) is 9.59 Å². The number of hydrogen-bond acceptors (Lipinski definition) is 3. The van der Waals surface area contributed by atoms with Gasteiger partial charge in [0, 0.05) is 25.2 Å². The van der Waals surface area contributed by atoms with Crippen LogP contribution in [0.25, 0.3) is 0 Å². The molecular weight excluding hydrogens is 280 g/mol. The minimum atomic E-state index is -1.86. The van der Waals surface area contributed by atoms with Crippen LogP contribution in [0.1, 0.15) is 52.9 Å². The molecule has 0 heterocycles. The molecule has 3 saturated carbocycles. The summed E-state index contributed by atoms with van der Waals surface area (Å²) in [4.78, 5) is 24.4. The quantitative estimate of drug-likeness (QED) is 0.730. The van der Waals surface area contributed by atoms with Crippen LogP contribution < -0.4 is 0 Å². The summed E-state index contributed by atoms with van der Waals surface area (Å²) < 4.78 is 6.59. The summed E-state index contributed by atoms with van der Waals surface area (Å²) in [6.45, 7) is 11.2. The Morgan fingerprint density at radius 2 is 1.86 bits per heavy atom. The van der Waals surface area contributed by atoms with E-state index in [-0.39, 0.29) is 22.5 Å². The van der Waals surface area contributed by atoms with E-state index in [1.54, 1.807) is 0 Å². The van der Waals surface area contributed by atoms with Crippen molar-refractivity contribution in [2.24, 2.45) is 17.3 Å². The van der Waals surface area contributed by atoms with Crippen LogP contribution in [0, 0.1) is 17.3 Å².